The van der Waals surface area contributed by atoms with Crippen LogP contribution in [0.1, 0.15) is 0 Å². The van der Waals surface area contributed by atoms with E-state index in [0.29, 0.717) is 21.4 Å². The number of halogens is 2. The largest absolute Gasteiger partial charge is 0.393 e. The number of hydrogen-bond donors (Lipinski definition) is 3. The van der Waals surface area contributed by atoms with Crippen molar-refractivity contribution in [3.8, 4) is 0 Å². The maximum absolute atomic E-state index is 10.8. The second-order valence-electron chi connectivity index (χ2n) is 4.24. The lowest BCUT2D eigenvalue weighted by Crippen LogP contribution is -2.19. The van der Waals surface area contributed by atoms with E-state index in [4.69, 9.17) is 41.2 Å². The first-order valence-corrected chi connectivity index (χ1v) is 7.10. The first kappa shape index (κ1) is 16.3. The third-order valence-electron chi connectivity index (χ3n) is 2.66. The van der Waals surface area contributed by atoms with E-state index in [-0.39, 0.29) is 16.5 Å². The average molecular weight is 357 g/mol. The molecule has 0 spiro atoms. The summed E-state index contributed by atoms with van der Waals surface area (Å²) >= 11 is 16.9. The highest BCUT2D eigenvalue weighted by Gasteiger charge is 2.12. The Kier molecular flexibility index (Phi) is 5.02. The summed E-state index contributed by atoms with van der Waals surface area (Å²) in [4.78, 5) is 10.3. The molecule has 2 rings (SSSR count). The molecule has 0 heterocycles. The number of nitro benzene ring substituents is 1. The Hall–Kier alpha value is -2.09. The SMILES string of the molecule is Nc1ccc(NC(=S)Nc2ccc(Cl)c(Cl)c2)cc1[N+](=O)[O-]. The number of anilines is 3. The van der Waals surface area contributed by atoms with E-state index in [1.165, 1.54) is 12.1 Å². The van der Waals surface area contributed by atoms with Crippen molar-refractivity contribution in [1.82, 2.24) is 0 Å². The summed E-state index contributed by atoms with van der Waals surface area (Å²) in [5.74, 6) is 0. The molecule has 0 saturated heterocycles. The number of benzene rings is 2. The molecule has 0 aliphatic carbocycles. The van der Waals surface area contributed by atoms with Crippen LogP contribution in [0.5, 0.6) is 0 Å². The Morgan fingerprint density at radius 2 is 1.68 bits per heavy atom. The average Bonchev–Trinajstić information content (AvgIpc) is 2.44. The van der Waals surface area contributed by atoms with Gasteiger partial charge in [0.2, 0.25) is 0 Å². The molecule has 0 amide bonds. The number of nitrogen functional groups attached to an aromatic ring is 1. The number of nitrogens with two attached hydrogens (primary N) is 1. The minimum atomic E-state index is -0.560. The number of nitrogens with one attached hydrogen (secondary N) is 2. The van der Waals surface area contributed by atoms with Crippen molar-refractivity contribution in [1.29, 1.82) is 0 Å². The van der Waals surface area contributed by atoms with Crippen molar-refractivity contribution in [2.24, 2.45) is 0 Å². The molecule has 0 aliphatic rings. The minimum absolute atomic E-state index is 0.0823. The van der Waals surface area contributed by atoms with Crippen LogP contribution in [-0.4, -0.2) is 10.0 Å². The van der Waals surface area contributed by atoms with Crippen LogP contribution in [0.2, 0.25) is 10.0 Å². The van der Waals surface area contributed by atoms with E-state index in [0.717, 1.165) is 0 Å². The highest BCUT2D eigenvalue weighted by Crippen LogP contribution is 2.26. The van der Waals surface area contributed by atoms with Gasteiger partial charge in [-0.1, -0.05) is 23.2 Å². The van der Waals surface area contributed by atoms with Gasteiger partial charge in [-0.15, -0.1) is 0 Å². The van der Waals surface area contributed by atoms with Gasteiger partial charge in [0.1, 0.15) is 5.69 Å². The quantitative estimate of drug-likeness (QED) is 0.328. The van der Waals surface area contributed by atoms with E-state index in [9.17, 15) is 10.1 Å². The van der Waals surface area contributed by atoms with Crippen molar-refractivity contribution in [2.45, 2.75) is 0 Å². The highest BCUT2D eigenvalue weighted by atomic mass is 35.5. The maximum atomic E-state index is 10.8. The van der Waals surface area contributed by atoms with Crippen molar-refractivity contribution >= 4 is 63.3 Å². The van der Waals surface area contributed by atoms with E-state index < -0.39 is 4.92 Å². The topological polar surface area (TPSA) is 93.2 Å². The molecule has 0 bridgehead atoms. The lowest BCUT2D eigenvalue weighted by atomic mass is 10.2. The van der Waals surface area contributed by atoms with E-state index >= 15 is 0 Å². The molecule has 0 fully saturated rings. The molecule has 9 heteroatoms. The van der Waals surface area contributed by atoms with Crippen molar-refractivity contribution in [3.05, 3.63) is 56.6 Å². The maximum Gasteiger partial charge on any atom is 0.294 e. The number of thiocarbonyl (C=S) groups is 1. The van der Waals surface area contributed by atoms with Gasteiger partial charge in [0.15, 0.2) is 5.11 Å². The van der Waals surface area contributed by atoms with Gasteiger partial charge >= 0.3 is 0 Å². The highest BCUT2D eigenvalue weighted by molar-refractivity contribution is 7.80. The zero-order valence-corrected chi connectivity index (χ0v) is 13.3. The van der Waals surface area contributed by atoms with Gasteiger partial charge in [-0.25, -0.2) is 0 Å². The lowest BCUT2D eigenvalue weighted by molar-refractivity contribution is -0.383. The van der Waals surface area contributed by atoms with Crippen LogP contribution in [-0.2, 0) is 0 Å². The molecular weight excluding hydrogens is 347 g/mol. The fraction of sp³-hybridized carbons (Fsp3) is 0. The van der Waals surface area contributed by atoms with Gasteiger partial charge in [-0.3, -0.25) is 10.1 Å². The first-order chi connectivity index (χ1) is 10.4. The Balaban J connectivity index is 2.10. The molecule has 114 valence electrons. The van der Waals surface area contributed by atoms with E-state index in [1.54, 1.807) is 24.3 Å². The Labute approximate surface area is 141 Å². The minimum Gasteiger partial charge on any atom is -0.393 e. The van der Waals surface area contributed by atoms with Crippen LogP contribution < -0.4 is 16.4 Å². The number of nitro groups is 1. The molecule has 22 heavy (non-hydrogen) atoms. The van der Waals surface area contributed by atoms with Crippen LogP contribution in [0, 0.1) is 10.1 Å². The Bertz CT molecular complexity index is 755. The monoisotopic (exact) mass is 356 g/mol. The van der Waals surface area contributed by atoms with Crippen molar-refractivity contribution in [3.63, 3.8) is 0 Å². The molecule has 2 aromatic rings. The molecule has 0 aliphatic heterocycles. The molecule has 0 unspecified atom stereocenters. The molecule has 0 atom stereocenters. The number of hydrogen-bond acceptors (Lipinski definition) is 4. The predicted molar refractivity (Wildman–Crippen MR) is 93.8 cm³/mol. The second kappa shape index (κ2) is 6.78. The number of rotatable bonds is 3. The number of nitrogens with zero attached hydrogens (tertiary/aromatic N) is 1. The zero-order chi connectivity index (χ0) is 16.3. The molecular formula is C13H10Cl2N4O2S. The van der Waals surface area contributed by atoms with Gasteiger partial charge in [0.05, 0.1) is 15.0 Å². The summed E-state index contributed by atoms with van der Waals surface area (Å²) in [6.07, 6.45) is 0. The summed E-state index contributed by atoms with van der Waals surface area (Å²) in [7, 11) is 0. The first-order valence-electron chi connectivity index (χ1n) is 5.94. The molecule has 0 aromatic heterocycles. The molecule has 6 nitrogen and oxygen atoms in total. The van der Waals surface area contributed by atoms with E-state index in [1.807, 2.05) is 0 Å². The van der Waals surface area contributed by atoms with Crippen LogP contribution in [0.3, 0.4) is 0 Å². The summed E-state index contributed by atoms with van der Waals surface area (Å²) < 4.78 is 0. The third-order valence-corrected chi connectivity index (χ3v) is 3.61. The summed E-state index contributed by atoms with van der Waals surface area (Å²) in [5.41, 5.74) is 6.50. The summed E-state index contributed by atoms with van der Waals surface area (Å²) in [5, 5.41) is 17.6. The van der Waals surface area contributed by atoms with Gasteiger partial charge < -0.3 is 16.4 Å². The van der Waals surface area contributed by atoms with Crippen LogP contribution in [0.25, 0.3) is 0 Å². The van der Waals surface area contributed by atoms with Crippen molar-refractivity contribution in [2.75, 3.05) is 16.4 Å². The van der Waals surface area contributed by atoms with Crippen molar-refractivity contribution < 1.29 is 4.92 Å². The second-order valence-corrected chi connectivity index (χ2v) is 5.46. The zero-order valence-electron chi connectivity index (χ0n) is 11.0. The smallest absolute Gasteiger partial charge is 0.294 e. The Morgan fingerprint density at radius 1 is 1.09 bits per heavy atom. The normalized spacial score (nSPS) is 10.1. The molecule has 0 radical (unpaired) electrons. The lowest BCUT2D eigenvalue weighted by Gasteiger charge is -2.11. The van der Waals surface area contributed by atoms with Gasteiger partial charge in [0, 0.05) is 17.4 Å². The standard InChI is InChI=1S/C13H10Cl2N4O2S/c14-9-3-1-7(5-10(9)15)17-13(22)18-8-2-4-11(16)12(6-8)19(20)21/h1-6H,16H2,(H2,17,18,22). The van der Waals surface area contributed by atoms with Crippen LogP contribution in [0.4, 0.5) is 22.7 Å². The fourth-order valence-corrected chi connectivity index (χ4v) is 2.18. The van der Waals surface area contributed by atoms with Gasteiger partial charge in [-0.05, 0) is 42.5 Å². The third kappa shape index (κ3) is 3.97. The van der Waals surface area contributed by atoms with E-state index in [2.05, 4.69) is 10.6 Å². The van der Waals surface area contributed by atoms with Crippen LogP contribution >= 0.6 is 35.4 Å². The van der Waals surface area contributed by atoms with Gasteiger partial charge in [-0.2, -0.15) is 0 Å². The molecule has 0 saturated carbocycles. The fourth-order valence-electron chi connectivity index (χ4n) is 1.65. The predicted octanol–water partition coefficient (Wildman–Crippen LogP) is 4.29. The Morgan fingerprint density at radius 3 is 2.27 bits per heavy atom. The summed E-state index contributed by atoms with van der Waals surface area (Å²) in [6, 6.07) is 9.27. The summed E-state index contributed by atoms with van der Waals surface area (Å²) in [6.45, 7) is 0. The van der Waals surface area contributed by atoms with Gasteiger partial charge in [0.25, 0.3) is 5.69 Å². The molecule has 2 aromatic carbocycles. The van der Waals surface area contributed by atoms with Crippen LogP contribution in [0.15, 0.2) is 36.4 Å². The molecule has 4 N–H and O–H groups in total.